The summed E-state index contributed by atoms with van der Waals surface area (Å²) in [5, 5.41) is 15.0. The first-order chi connectivity index (χ1) is 26.0. The number of anilines is 1. The summed E-state index contributed by atoms with van der Waals surface area (Å²) in [7, 11) is -3.46. The Morgan fingerprint density at radius 3 is 2.46 bits per heavy atom. The van der Waals surface area contributed by atoms with Crippen LogP contribution in [0.4, 0.5) is 14.9 Å². The van der Waals surface area contributed by atoms with Gasteiger partial charge in [0.25, 0.3) is 0 Å². The Morgan fingerprint density at radius 2 is 1.80 bits per heavy atom. The predicted molar refractivity (Wildman–Crippen MR) is 206 cm³/mol. The molecule has 11 nitrogen and oxygen atoms in total. The van der Waals surface area contributed by atoms with Crippen molar-refractivity contribution < 1.29 is 27.5 Å². The average Bonchev–Trinajstić information content (AvgIpc) is 3.79. The molecule has 2 saturated carbocycles. The Kier molecular flexibility index (Phi) is 11.2. The van der Waals surface area contributed by atoms with Gasteiger partial charge in [-0.05, 0) is 111 Å². The number of hydrogen-bond donors (Lipinski definition) is 3. The highest BCUT2D eigenvalue weighted by Crippen LogP contribution is 2.52. The van der Waals surface area contributed by atoms with E-state index in [0.29, 0.717) is 30.2 Å². The summed E-state index contributed by atoms with van der Waals surface area (Å²) >= 11 is 0. The molecule has 2 aliphatic heterocycles. The smallest absolute Gasteiger partial charge is 0.404 e. The number of aromatic nitrogens is 2. The van der Waals surface area contributed by atoms with Gasteiger partial charge < -0.3 is 30.1 Å². The number of aryl methyl sites for hydroxylation is 1. The molecule has 0 bridgehead atoms. The molecule has 1 aromatic heterocycles. The van der Waals surface area contributed by atoms with Crippen LogP contribution in [-0.4, -0.2) is 90.0 Å². The first-order valence-electron chi connectivity index (χ1n) is 19.5. The van der Waals surface area contributed by atoms with E-state index >= 15 is 4.39 Å². The molecular weight excluding hydrogens is 708 g/mol. The van der Waals surface area contributed by atoms with Crippen molar-refractivity contribution in [2.75, 3.05) is 37.6 Å². The zero-order valence-corrected chi connectivity index (χ0v) is 31.9. The highest BCUT2D eigenvalue weighted by atomic mass is 32.2. The van der Waals surface area contributed by atoms with Crippen molar-refractivity contribution in [2.45, 2.75) is 92.5 Å². The highest BCUT2D eigenvalue weighted by molar-refractivity contribution is 7.92. The normalized spacial score (nSPS) is 25.0. The number of nitrogens with zero attached hydrogens (tertiary/aromatic N) is 4. The van der Waals surface area contributed by atoms with Crippen molar-refractivity contribution in [2.24, 2.45) is 17.8 Å². The number of piperidine rings is 1. The van der Waals surface area contributed by atoms with E-state index in [2.05, 4.69) is 43.5 Å². The predicted octanol–water partition coefficient (Wildman–Crippen LogP) is 5.41. The van der Waals surface area contributed by atoms with Gasteiger partial charge in [-0.25, -0.2) is 22.6 Å². The fourth-order valence-corrected chi connectivity index (χ4v) is 11.9. The zero-order valence-electron chi connectivity index (χ0n) is 31.1. The maximum atomic E-state index is 15.1. The standard InChI is InChI=1S/C41H53FN6O5S/c1-3-38-43-17-20-47(38)27-41(30-7-5-8-31(42)21-30,36-9-6-10-37(36)45-40(50)51)29-15-18-46(19-16-29)24-28-25-48(26-28)33-11-13-34(14-12-33)54(52,53)35-22-32(23-35)44-39(49)4-2/h4-5,7-8,11-14,17,20-21,28-29,32,35-37,45H,2-3,6,9-10,15-16,18-19,22-27H2,1H3,(H,44,49)(H,50,51)/t32?,35?,36-,37-,41?/m0/s1. The lowest BCUT2D eigenvalue weighted by atomic mass is 9.58. The number of carbonyl (C=O) groups is 2. The van der Waals surface area contributed by atoms with Gasteiger partial charge in [0.05, 0.1) is 10.1 Å². The first kappa shape index (κ1) is 38.1. The topological polar surface area (TPSA) is 137 Å². The molecule has 7 rings (SSSR count). The monoisotopic (exact) mass is 760 g/mol. The number of hydrogen-bond acceptors (Lipinski definition) is 7. The van der Waals surface area contributed by atoms with Gasteiger partial charge in [-0.2, -0.15) is 0 Å². The molecule has 54 heavy (non-hydrogen) atoms. The second kappa shape index (κ2) is 15.9. The second-order valence-electron chi connectivity index (χ2n) is 15.9. The number of rotatable bonds is 14. The van der Waals surface area contributed by atoms with Crippen LogP contribution in [0.2, 0.25) is 0 Å². The van der Waals surface area contributed by atoms with Crippen LogP contribution in [0.5, 0.6) is 0 Å². The molecule has 2 aliphatic carbocycles. The molecule has 3 heterocycles. The molecule has 13 heteroatoms. The molecule has 2 saturated heterocycles. The number of sulfone groups is 1. The summed E-state index contributed by atoms with van der Waals surface area (Å²) in [6, 6.07) is 13.9. The third-order valence-corrected chi connectivity index (χ3v) is 15.0. The first-order valence-corrected chi connectivity index (χ1v) is 21.0. The highest BCUT2D eigenvalue weighted by Gasteiger charge is 2.52. The van der Waals surface area contributed by atoms with E-state index in [1.165, 1.54) is 12.1 Å². The molecule has 4 aliphatic rings. The van der Waals surface area contributed by atoms with Crippen LogP contribution in [-0.2, 0) is 33.0 Å². The number of likely N-dealkylation sites (tertiary alicyclic amines) is 1. The van der Waals surface area contributed by atoms with E-state index in [1.54, 1.807) is 24.3 Å². The van der Waals surface area contributed by atoms with Gasteiger partial charge in [-0.3, -0.25) is 4.79 Å². The minimum absolute atomic E-state index is 0.0104. The third-order valence-electron chi connectivity index (χ3n) is 12.8. The molecule has 2 aromatic carbocycles. The zero-order chi connectivity index (χ0) is 38.0. The SMILES string of the molecule is C=CC(=O)NC1CC(S(=O)(=O)c2ccc(N3CC(CN4CCC(C(Cn5ccnc5CC)(c5cccc(F)c5)[C@H]5CCC[C@@H]5NC(=O)O)CC4)C3)cc2)C1. The molecule has 3 N–H and O–H groups in total. The van der Waals surface area contributed by atoms with E-state index in [-0.39, 0.29) is 35.6 Å². The Hall–Kier alpha value is -4.23. The Bertz CT molecular complexity index is 1920. The van der Waals surface area contributed by atoms with Gasteiger partial charge in [-0.1, -0.05) is 32.1 Å². The molecule has 2 amide bonds. The van der Waals surface area contributed by atoms with E-state index in [0.717, 1.165) is 88.3 Å². The van der Waals surface area contributed by atoms with Gasteiger partial charge in [-0.15, -0.1) is 0 Å². The van der Waals surface area contributed by atoms with Gasteiger partial charge in [0.1, 0.15) is 11.6 Å². The van der Waals surface area contributed by atoms with Crippen LogP contribution in [0.1, 0.15) is 63.3 Å². The number of carbonyl (C=O) groups excluding carboxylic acids is 1. The van der Waals surface area contributed by atoms with Crippen LogP contribution < -0.4 is 15.5 Å². The van der Waals surface area contributed by atoms with Crippen LogP contribution in [0.25, 0.3) is 0 Å². The summed E-state index contributed by atoms with van der Waals surface area (Å²) in [4.78, 5) is 33.3. The number of benzene rings is 2. The molecule has 4 fully saturated rings. The summed E-state index contributed by atoms with van der Waals surface area (Å²) < 4.78 is 43.7. The number of amides is 2. The van der Waals surface area contributed by atoms with Crippen molar-refractivity contribution in [1.82, 2.24) is 25.1 Å². The summed E-state index contributed by atoms with van der Waals surface area (Å²) in [5.74, 6) is 1.14. The van der Waals surface area contributed by atoms with Crippen LogP contribution in [0.15, 0.2) is 78.5 Å². The van der Waals surface area contributed by atoms with E-state index < -0.39 is 26.6 Å². The Labute approximate surface area is 317 Å². The van der Waals surface area contributed by atoms with Crippen LogP contribution in [0.3, 0.4) is 0 Å². The minimum atomic E-state index is -3.46. The van der Waals surface area contributed by atoms with E-state index in [9.17, 15) is 23.1 Å². The summed E-state index contributed by atoms with van der Waals surface area (Å²) in [6.45, 7) is 10.8. The molecule has 3 atom stereocenters. The number of nitrogens with one attached hydrogen (secondary N) is 2. The maximum Gasteiger partial charge on any atom is 0.404 e. The fourth-order valence-electron chi connectivity index (χ4n) is 9.98. The van der Waals surface area contributed by atoms with Crippen molar-refractivity contribution in [1.29, 1.82) is 0 Å². The van der Waals surface area contributed by atoms with Crippen molar-refractivity contribution >= 4 is 27.5 Å². The van der Waals surface area contributed by atoms with Crippen LogP contribution in [0, 0.1) is 23.6 Å². The molecule has 1 unspecified atom stereocenters. The van der Waals surface area contributed by atoms with Gasteiger partial charge in [0.15, 0.2) is 9.84 Å². The fraction of sp³-hybridized carbons (Fsp3) is 0.537. The average molecular weight is 761 g/mol. The maximum absolute atomic E-state index is 15.1. The lowest BCUT2D eigenvalue weighted by molar-refractivity contribution is -0.117. The van der Waals surface area contributed by atoms with Crippen LogP contribution >= 0.6 is 0 Å². The summed E-state index contributed by atoms with van der Waals surface area (Å²) in [5.41, 5.74) is 1.47. The molecular formula is C41H53FN6O5S. The summed E-state index contributed by atoms with van der Waals surface area (Å²) in [6.07, 6.45) is 10.1. The molecule has 0 spiro atoms. The van der Waals surface area contributed by atoms with E-state index in [1.807, 2.05) is 30.6 Å². The lowest BCUT2D eigenvalue weighted by Gasteiger charge is -2.51. The van der Waals surface area contributed by atoms with Gasteiger partial charge in [0.2, 0.25) is 5.91 Å². The van der Waals surface area contributed by atoms with Crippen molar-refractivity contribution in [3.05, 3.63) is 90.8 Å². The second-order valence-corrected chi connectivity index (χ2v) is 18.1. The van der Waals surface area contributed by atoms with Gasteiger partial charge >= 0.3 is 6.09 Å². The molecule has 0 radical (unpaired) electrons. The van der Waals surface area contributed by atoms with E-state index in [4.69, 9.17) is 0 Å². The lowest BCUT2D eigenvalue weighted by Crippen LogP contribution is -2.56. The minimum Gasteiger partial charge on any atom is -0.465 e. The molecule has 3 aromatic rings. The Balaban J connectivity index is 1.00. The number of halogens is 1. The van der Waals surface area contributed by atoms with Crippen molar-refractivity contribution in [3.63, 3.8) is 0 Å². The largest absolute Gasteiger partial charge is 0.465 e. The van der Waals surface area contributed by atoms with Gasteiger partial charge in [0, 0.05) is 74.1 Å². The third kappa shape index (κ3) is 7.66. The molecule has 290 valence electrons. The number of carboxylic acid groups (broad SMARTS) is 1. The Morgan fingerprint density at radius 1 is 1.06 bits per heavy atom. The van der Waals surface area contributed by atoms with Crippen molar-refractivity contribution in [3.8, 4) is 0 Å². The number of imidazole rings is 1. The quantitative estimate of drug-likeness (QED) is 0.186.